The van der Waals surface area contributed by atoms with Crippen LogP contribution in [0, 0.1) is 0 Å². The van der Waals surface area contributed by atoms with E-state index >= 15 is 0 Å². The Hall–Kier alpha value is -1.55. The first kappa shape index (κ1) is 12.5. The summed E-state index contributed by atoms with van der Waals surface area (Å²) in [7, 11) is 0. The van der Waals surface area contributed by atoms with Crippen LogP contribution < -0.4 is 5.32 Å². The van der Waals surface area contributed by atoms with Gasteiger partial charge < -0.3 is 9.73 Å². The minimum absolute atomic E-state index is 0.410. The predicted octanol–water partition coefficient (Wildman–Crippen LogP) is 3.22. The van der Waals surface area contributed by atoms with E-state index in [0.717, 1.165) is 18.8 Å². The third kappa shape index (κ3) is 2.89. The van der Waals surface area contributed by atoms with Crippen LogP contribution in [0.3, 0.4) is 0 Å². The Morgan fingerprint density at radius 1 is 1.42 bits per heavy atom. The van der Waals surface area contributed by atoms with Crippen LogP contribution in [0.2, 0.25) is 0 Å². The van der Waals surface area contributed by atoms with Gasteiger partial charge >= 0.3 is 0 Å². The van der Waals surface area contributed by atoms with Gasteiger partial charge in [-0.15, -0.1) is 0 Å². The molecule has 19 heavy (non-hydrogen) atoms. The monoisotopic (exact) mass is 259 g/mol. The number of nitrogens with zero attached hydrogens (tertiary/aromatic N) is 2. The van der Waals surface area contributed by atoms with Gasteiger partial charge in [-0.25, -0.2) is 0 Å². The van der Waals surface area contributed by atoms with E-state index in [2.05, 4.69) is 29.9 Å². The lowest BCUT2D eigenvalue weighted by Gasteiger charge is -2.11. The lowest BCUT2D eigenvalue weighted by atomic mass is 10.2. The lowest BCUT2D eigenvalue weighted by Crippen LogP contribution is -2.17. The first-order valence-electron chi connectivity index (χ1n) is 7.05. The SMILES string of the molecule is CC(C)n1nc(C2CC2)cc1CNCc1ccco1. The molecule has 0 bridgehead atoms. The molecule has 1 N–H and O–H groups in total. The zero-order valence-electron chi connectivity index (χ0n) is 11.6. The molecule has 0 unspecified atom stereocenters. The highest BCUT2D eigenvalue weighted by molar-refractivity contribution is 5.19. The second-order valence-electron chi connectivity index (χ2n) is 5.56. The van der Waals surface area contributed by atoms with Gasteiger partial charge in [-0.1, -0.05) is 0 Å². The Bertz CT molecular complexity index is 524. The lowest BCUT2D eigenvalue weighted by molar-refractivity contribution is 0.463. The molecule has 0 spiro atoms. The Kier molecular flexibility index (Phi) is 3.42. The maximum atomic E-state index is 5.32. The maximum absolute atomic E-state index is 5.32. The number of nitrogens with one attached hydrogen (secondary N) is 1. The van der Waals surface area contributed by atoms with Crippen molar-refractivity contribution in [3.8, 4) is 0 Å². The third-order valence-corrected chi connectivity index (χ3v) is 3.50. The third-order valence-electron chi connectivity index (χ3n) is 3.50. The van der Waals surface area contributed by atoms with Crippen molar-refractivity contribution in [3.63, 3.8) is 0 Å². The fourth-order valence-electron chi connectivity index (χ4n) is 2.34. The summed E-state index contributed by atoms with van der Waals surface area (Å²) in [5.41, 5.74) is 2.53. The van der Waals surface area contributed by atoms with Crippen LogP contribution >= 0.6 is 0 Å². The van der Waals surface area contributed by atoms with Crippen molar-refractivity contribution in [1.29, 1.82) is 0 Å². The van der Waals surface area contributed by atoms with Gasteiger partial charge in [0.25, 0.3) is 0 Å². The van der Waals surface area contributed by atoms with Crippen molar-refractivity contribution in [1.82, 2.24) is 15.1 Å². The highest BCUT2D eigenvalue weighted by atomic mass is 16.3. The molecular formula is C15H21N3O. The zero-order valence-corrected chi connectivity index (χ0v) is 11.6. The molecule has 1 aliphatic carbocycles. The molecule has 3 rings (SSSR count). The van der Waals surface area contributed by atoms with Gasteiger partial charge in [-0.2, -0.15) is 5.10 Å². The van der Waals surface area contributed by atoms with E-state index < -0.39 is 0 Å². The summed E-state index contributed by atoms with van der Waals surface area (Å²) >= 11 is 0. The van der Waals surface area contributed by atoms with Crippen LogP contribution in [0.5, 0.6) is 0 Å². The molecule has 1 saturated carbocycles. The van der Waals surface area contributed by atoms with E-state index in [1.807, 2.05) is 12.1 Å². The Labute approximate surface area is 113 Å². The molecule has 0 amide bonds. The van der Waals surface area contributed by atoms with Gasteiger partial charge in [-0.05, 0) is 44.9 Å². The number of hydrogen-bond acceptors (Lipinski definition) is 3. The van der Waals surface area contributed by atoms with E-state index in [1.165, 1.54) is 24.2 Å². The van der Waals surface area contributed by atoms with Crippen LogP contribution in [0.15, 0.2) is 28.9 Å². The summed E-state index contributed by atoms with van der Waals surface area (Å²) in [6.07, 6.45) is 4.31. The van der Waals surface area contributed by atoms with Crippen LogP contribution in [-0.2, 0) is 13.1 Å². The molecule has 4 heteroatoms. The molecule has 1 aliphatic rings. The molecule has 2 aromatic heterocycles. The quantitative estimate of drug-likeness (QED) is 0.866. The second-order valence-corrected chi connectivity index (χ2v) is 5.56. The first-order valence-corrected chi connectivity index (χ1v) is 7.05. The summed E-state index contributed by atoms with van der Waals surface area (Å²) in [6, 6.07) is 6.57. The number of rotatable bonds is 6. The Morgan fingerprint density at radius 2 is 2.26 bits per heavy atom. The molecule has 0 radical (unpaired) electrons. The summed E-state index contributed by atoms with van der Waals surface area (Å²) in [5.74, 6) is 1.68. The molecule has 1 fully saturated rings. The number of furan rings is 1. The van der Waals surface area contributed by atoms with Crippen LogP contribution in [0.4, 0.5) is 0 Å². The highest BCUT2D eigenvalue weighted by Gasteiger charge is 2.27. The van der Waals surface area contributed by atoms with Crippen molar-refractivity contribution in [2.45, 2.75) is 51.7 Å². The molecule has 102 valence electrons. The molecular weight excluding hydrogens is 238 g/mol. The minimum Gasteiger partial charge on any atom is -0.468 e. The van der Waals surface area contributed by atoms with E-state index in [0.29, 0.717) is 12.0 Å². The standard InChI is InChI=1S/C15H21N3O/c1-11(2)18-13(8-15(17-18)12-5-6-12)9-16-10-14-4-3-7-19-14/h3-4,7-8,11-12,16H,5-6,9-10H2,1-2H3. The van der Waals surface area contributed by atoms with Crippen LogP contribution in [0.25, 0.3) is 0 Å². The largest absolute Gasteiger partial charge is 0.468 e. The fraction of sp³-hybridized carbons (Fsp3) is 0.533. The minimum atomic E-state index is 0.410. The molecule has 0 aliphatic heterocycles. The first-order chi connectivity index (χ1) is 9.24. The van der Waals surface area contributed by atoms with Gasteiger partial charge in [0, 0.05) is 18.5 Å². The van der Waals surface area contributed by atoms with E-state index in [9.17, 15) is 0 Å². The number of hydrogen-bond donors (Lipinski definition) is 1. The topological polar surface area (TPSA) is 43.0 Å². The summed E-state index contributed by atoms with van der Waals surface area (Å²) in [6.45, 7) is 5.95. The van der Waals surface area contributed by atoms with Crippen LogP contribution in [0.1, 0.15) is 55.8 Å². The average Bonchev–Trinajstić information content (AvgIpc) is 2.94. The molecule has 2 heterocycles. The van der Waals surface area contributed by atoms with E-state index in [1.54, 1.807) is 6.26 Å². The van der Waals surface area contributed by atoms with Crippen molar-refractivity contribution in [3.05, 3.63) is 41.6 Å². The number of aromatic nitrogens is 2. The van der Waals surface area contributed by atoms with Crippen LogP contribution in [-0.4, -0.2) is 9.78 Å². The Morgan fingerprint density at radius 3 is 2.89 bits per heavy atom. The van der Waals surface area contributed by atoms with E-state index in [4.69, 9.17) is 9.52 Å². The average molecular weight is 259 g/mol. The molecule has 0 atom stereocenters. The van der Waals surface area contributed by atoms with E-state index in [-0.39, 0.29) is 0 Å². The second kappa shape index (κ2) is 5.21. The summed E-state index contributed by atoms with van der Waals surface area (Å²) < 4.78 is 7.46. The highest BCUT2D eigenvalue weighted by Crippen LogP contribution is 2.39. The van der Waals surface area contributed by atoms with Gasteiger partial charge in [0.2, 0.25) is 0 Å². The fourth-order valence-corrected chi connectivity index (χ4v) is 2.34. The molecule has 4 nitrogen and oxygen atoms in total. The molecule has 0 saturated heterocycles. The van der Waals surface area contributed by atoms with Gasteiger partial charge in [0.05, 0.1) is 24.2 Å². The van der Waals surface area contributed by atoms with Crippen molar-refractivity contribution < 1.29 is 4.42 Å². The smallest absolute Gasteiger partial charge is 0.117 e. The normalized spacial score (nSPS) is 15.3. The van der Waals surface area contributed by atoms with Gasteiger partial charge in [0.15, 0.2) is 0 Å². The van der Waals surface area contributed by atoms with Gasteiger partial charge in [0.1, 0.15) is 5.76 Å². The van der Waals surface area contributed by atoms with Crippen molar-refractivity contribution in [2.24, 2.45) is 0 Å². The molecule has 2 aromatic rings. The molecule has 0 aromatic carbocycles. The Balaban J connectivity index is 1.65. The van der Waals surface area contributed by atoms with Gasteiger partial charge in [-0.3, -0.25) is 4.68 Å². The van der Waals surface area contributed by atoms with Crippen molar-refractivity contribution in [2.75, 3.05) is 0 Å². The zero-order chi connectivity index (χ0) is 13.2. The van der Waals surface area contributed by atoms with Crippen molar-refractivity contribution >= 4 is 0 Å². The summed E-state index contributed by atoms with van der Waals surface area (Å²) in [5, 5.41) is 8.16. The summed E-state index contributed by atoms with van der Waals surface area (Å²) in [4.78, 5) is 0. The maximum Gasteiger partial charge on any atom is 0.117 e. The predicted molar refractivity (Wildman–Crippen MR) is 73.8 cm³/mol.